The molecule has 0 heterocycles. The Labute approximate surface area is 103 Å². The van der Waals surface area contributed by atoms with Gasteiger partial charge in [-0.05, 0) is 30.7 Å². The smallest absolute Gasteiger partial charge is 0.338 e. The number of anilines is 1. The fourth-order valence-corrected chi connectivity index (χ4v) is 1.21. The van der Waals surface area contributed by atoms with Gasteiger partial charge in [0.2, 0.25) is 0 Å². The topological polar surface area (TPSA) is 41.1 Å². The van der Waals surface area contributed by atoms with Crippen molar-refractivity contribution in [3.63, 3.8) is 0 Å². The molecule has 0 aromatic heterocycles. The zero-order chi connectivity index (χ0) is 13.6. The van der Waals surface area contributed by atoms with Crippen LogP contribution < -0.4 is 10.6 Å². The Morgan fingerprint density at radius 2 is 1.89 bits per heavy atom. The summed E-state index contributed by atoms with van der Waals surface area (Å²) in [6, 6.07) is 3.78. The predicted octanol–water partition coefficient (Wildman–Crippen LogP) is 3.40. The highest BCUT2D eigenvalue weighted by Crippen LogP contribution is 2.29. The van der Waals surface area contributed by atoms with E-state index in [1.807, 2.05) is 0 Å². The maximum atomic E-state index is 12.3. The minimum absolute atomic E-state index is 0.305. The van der Waals surface area contributed by atoms with E-state index in [1.54, 1.807) is 6.08 Å². The molecule has 0 saturated carbocycles. The second kappa shape index (κ2) is 6.09. The van der Waals surface area contributed by atoms with Gasteiger partial charge in [-0.3, -0.25) is 0 Å². The van der Waals surface area contributed by atoms with E-state index in [9.17, 15) is 18.0 Å². The van der Waals surface area contributed by atoms with Crippen molar-refractivity contribution in [1.29, 1.82) is 0 Å². The first kappa shape index (κ1) is 14.1. The molecule has 1 aromatic rings. The lowest BCUT2D eigenvalue weighted by atomic mass is 10.2. The first-order valence-corrected chi connectivity index (χ1v) is 5.26. The quantitative estimate of drug-likeness (QED) is 0.630. The van der Waals surface area contributed by atoms with Crippen molar-refractivity contribution >= 4 is 11.7 Å². The van der Waals surface area contributed by atoms with Crippen LogP contribution in [0.5, 0.6) is 0 Å². The SMILES string of the molecule is C=CCCNC(=O)Nc1ccc(C(F)(F)F)cc1. The van der Waals surface area contributed by atoms with Crippen LogP contribution >= 0.6 is 0 Å². The molecule has 1 rings (SSSR count). The van der Waals surface area contributed by atoms with Crippen molar-refractivity contribution in [1.82, 2.24) is 5.32 Å². The summed E-state index contributed by atoms with van der Waals surface area (Å²) >= 11 is 0. The van der Waals surface area contributed by atoms with Gasteiger partial charge in [-0.1, -0.05) is 6.08 Å². The Morgan fingerprint density at radius 3 is 2.39 bits per heavy atom. The number of rotatable bonds is 4. The Hall–Kier alpha value is -1.98. The second-order valence-corrected chi connectivity index (χ2v) is 3.53. The summed E-state index contributed by atoms with van der Waals surface area (Å²) in [7, 11) is 0. The molecule has 1 aromatic carbocycles. The molecule has 6 heteroatoms. The maximum Gasteiger partial charge on any atom is 0.416 e. The summed E-state index contributed by atoms with van der Waals surface area (Å²) < 4.78 is 36.8. The minimum Gasteiger partial charge on any atom is -0.338 e. The molecule has 0 aliphatic rings. The molecule has 0 aliphatic heterocycles. The second-order valence-electron chi connectivity index (χ2n) is 3.53. The number of carbonyl (C=O) groups excluding carboxylic acids is 1. The zero-order valence-electron chi connectivity index (χ0n) is 9.55. The van der Waals surface area contributed by atoms with Crippen LogP contribution in [0.3, 0.4) is 0 Å². The number of hydrogen-bond donors (Lipinski definition) is 2. The Kier molecular flexibility index (Phi) is 4.76. The molecule has 0 saturated heterocycles. The van der Waals surface area contributed by atoms with E-state index in [4.69, 9.17) is 0 Å². The van der Waals surface area contributed by atoms with Crippen molar-refractivity contribution in [3.05, 3.63) is 42.5 Å². The van der Waals surface area contributed by atoms with Crippen molar-refractivity contribution in [3.8, 4) is 0 Å². The molecule has 0 atom stereocenters. The van der Waals surface area contributed by atoms with Crippen LogP contribution in [0.4, 0.5) is 23.7 Å². The van der Waals surface area contributed by atoms with E-state index in [0.29, 0.717) is 18.7 Å². The van der Waals surface area contributed by atoms with Gasteiger partial charge in [0.05, 0.1) is 5.56 Å². The van der Waals surface area contributed by atoms with E-state index in [1.165, 1.54) is 12.1 Å². The molecular weight excluding hydrogens is 245 g/mol. The lowest BCUT2D eigenvalue weighted by Crippen LogP contribution is -2.29. The lowest BCUT2D eigenvalue weighted by Gasteiger charge is -2.09. The molecular formula is C12H13F3N2O. The summed E-state index contributed by atoms with van der Waals surface area (Å²) in [5.74, 6) is 0. The molecule has 0 bridgehead atoms. The van der Waals surface area contributed by atoms with Crippen LogP contribution in [-0.4, -0.2) is 12.6 Å². The van der Waals surface area contributed by atoms with Crippen LogP contribution in [0.1, 0.15) is 12.0 Å². The first-order valence-electron chi connectivity index (χ1n) is 5.26. The van der Waals surface area contributed by atoms with Crippen molar-refractivity contribution < 1.29 is 18.0 Å². The largest absolute Gasteiger partial charge is 0.416 e. The Balaban J connectivity index is 2.53. The van der Waals surface area contributed by atoms with Crippen LogP contribution in [-0.2, 0) is 6.18 Å². The average Bonchev–Trinajstić information content (AvgIpc) is 2.29. The number of nitrogens with one attached hydrogen (secondary N) is 2. The van der Waals surface area contributed by atoms with Gasteiger partial charge in [-0.25, -0.2) is 4.79 Å². The monoisotopic (exact) mass is 258 g/mol. The third-order valence-electron chi connectivity index (χ3n) is 2.10. The van der Waals surface area contributed by atoms with Gasteiger partial charge in [-0.15, -0.1) is 6.58 Å². The maximum absolute atomic E-state index is 12.3. The fraction of sp³-hybridized carbons (Fsp3) is 0.250. The van der Waals surface area contributed by atoms with Gasteiger partial charge in [0.15, 0.2) is 0 Å². The van der Waals surface area contributed by atoms with Crippen molar-refractivity contribution in [2.24, 2.45) is 0 Å². The van der Waals surface area contributed by atoms with Gasteiger partial charge < -0.3 is 10.6 Å². The predicted molar refractivity (Wildman–Crippen MR) is 63.3 cm³/mol. The normalized spacial score (nSPS) is 10.8. The number of hydrogen-bond acceptors (Lipinski definition) is 1. The van der Waals surface area contributed by atoms with Crippen molar-refractivity contribution in [2.75, 3.05) is 11.9 Å². The van der Waals surface area contributed by atoms with Crippen LogP contribution in [0.25, 0.3) is 0 Å². The van der Waals surface area contributed by atoms with Gasteiger partial charge >= 0.3 is 12.2 Å². The highest BCUT2D eigenvalue weighted by molar-refractivity contribution is 5.89. The molecule has 98 valence electrons. The summed E-state index contributed by atoms with van der Waals surface area (Å²) in [5.41, 5.74) is -0.445. The number of carbonyl (C=O) groups is 1. The first-order chi connectivity index (χ1) is 8.43. The number of amides is 2. The molecule has 2 N–H and O–H groups in total. The van der Waals surface area contributed by atoms with E-state index in [-0.39, 0.29) is 0 Å². The van der Waals surface area contributed by atoms with E-state index in [0.717, 1.165) is 12.1 Å². The van der Waals surface area contributed by atoms with Crippen molar-refractivity contribution in [2.45, 2.75) is 12.6 Å². The third-order valence-corrected chi connectivity index (χ3v) is 2.10. The van der Waals surface area contributed by atoms with Gasteiger partial charge in [0.25, 0.3) is 0 Å². The molecule has 2 amide bonds. The highest BCUT2D eigenvalue weighted by atomic mass is 19.4. The van der Waals surface area contributed by atoms with Gasteiger partial charge in [0, 0.05) is 12.2 Å². The fourth-order valence-electron chi connectivity index (χ4n) is 1.21. The number of halogens is 3. The summed E-state index contributed by atoms with van der Waals surface area (Å²) in [5, 5.41) is 4.96. The standard InChI is InChI=1S/C12H13F3N2O/c1-2-3-8-16-11(18)17-10-6-4-9(5-7-10)12(13,14)15/h2,4-7H,1,3,8H2,(H2,16,17,18). The van der Waals surface area contributed by atoms with Gasteiger partial charge in [0.1, 0.15) is 0 Å². The van der Waals surface area contributed by atoms with Crippen LogP contribution in [0.2, 0.25) is 0 Å². The third kappa shape index (κ3) is 4.48. The zero-order valence-corrected chi connectivity index (χ0v) is 9.55. The number of benzene rings is 1. The molecule has 0 unspecified atom stereocenters. The minimum atomic E-state index is -4.37. The summed E-state index contributed by atoms with van der Waals surface area (Å²) in [4.78, 5) is 11.3. The van der Waals surface area contributed by atoms with E-state index < -0.39 is 17.8 Å². The lowest BCUT2D eigenvalue weighted by molar-refractivity contribution is -0.137. The van der Waals surface area contributed by atoms with E-state index in [2.05, 4.69) is 17.2 Å². The molecule has 0 aliphatic carbocycles. The number of alkyl halides is 3. The Bertz CT molecular complexity index is 412. The summed E-state index contributed by atoms with van der Waals surface area (Å²) in [6.45, 7) is 3.92. The highest BCUT2D eigenvalue weighted by Gasteiger charge is 2.29. The van der Waals surface area contributed by atoms with Gasteiger partial charge in [-0.2, -0.15) is 13.2 Å². The number of urea groups is 1. The molecule has 0 fully saturated rings. The molecule has 3 nitrogen and oxygen atoms in total. The average molecular weight is 258 g/mol. The van der Waals surface area contributed by atoms with Crippen LogP contribution in [0, 0.1) is 0 Å². The van der Waals surface area contributed by atoms with E-state index >= 15 is 0 Å². The molecule has 18 heavy (non-hydrogen) atoms. The molecule has 0 radical (unpaired) electrons. The van der Waals surface area contributed by atoms with Crippen LogP contribution in [0.15, 0.2) is 36.9 Å². The Morgan fingerprint density at radius 1 is 1.28 bits per heavy atom. The molecule has 0 spiro atoms. The summed E-state index contributed by atoms with van der Waals surface area (Å²) in [6.07, 6.45) is -2.09.